The Hall–Kier alpha value is -1.85. The van der Waals surface area contributed by atoms with E-state index in [4.69, 9.17) is 17.3 Å². The van der Waals surface area contributed by atoms with Gasteiger partial charge in [0, 0.05) is 30.9 Å². The summed E-state index contributed by atoms with van der Waals surface area (Å²) in [5.74, 6) is -0.103. The lowest BCUT2D eigenvalue weighted by atomic mass is 9.91. The number of amides is 1. The van der Waals surface area contributed by atoms with E-state index in [1.54, 1.807) is 24.0 Å². The summed E-state index contributed by atoms with van der Waals surface area (Å²) in [6.07, 6.45) is 5.50. The van der Waals surface area contributed by atoms with Gasteiger partial charge in [-0.1, -0.05) is 29.8 Å². The minimum absolute atomic E-state index is 0.103. The molecule has 1 saturated carbocycles. The van der Waals surface area contributed by atoms with Crippen LogP contribution in [0.2, 0.25) is 5.02 Å². The van der Waals surface area contributed by atoms with Gasteiger partial charge >= 0.3 is 0 Å². The molecule has 1 aromatic carbocycles. The van der Waals surface area contributed by atoms with Crippen molar-refractivity contribution >= 4 is 17.5 Å². The molecule has 0 spiro atoms. The summed E-state index contributed by atoms with van der Waals surface area (Å²) < 4.78 is 1.64. The van der Waals surface area contributed by atoms with Crippen molar-refractivity contribution in [2.75, 3.05) is 0 Å². The van der Waals surface area contributed by atoms with Gasteiger partial charge in [-0.2, -0.15) is 5.10 Å². The number of aryl methyl sites for hydroxylation is 1. The standard InChI is InChI=1S/C17H21ClN4O/c1-22-10-14(16(21-22)13-4-2-3-5-15(13)18)17(23)20-12-8-6-11(19)7-9-12/h2-5,10-12H,6-9,19H2,1H3,(H,20,23). The lowest BCUT2D eigenvalue weighted by Gasteiger charge is -2.26. The van der Waals surface area contributed by atoms with Crippen molar-refractivity contribution in [2.24, 2.45) is 12.8 Å². The van der Waals surface area contributed by atoms with E-state index in [1.807, 2.05) is 18.2 Å². The first-order chi connectivity index (χ1) is 11.0. The molecule has 0 bridgehead atoms. The highest BCUT2D eigenvalue weighted by atomic mass is 35.5. The number of carbonyl (C=O) groups is 1. The average molecular weight is 333 g/mol. The molecular formula is C17H21ClN4O. The van der Waals surface area contributed by atoms with Gasteiger partial charge in [-0.3, -0.25) is 9.48 Å². The summed E-state index contributed by atoms with van der Waals surface area (Å²) in [6.45, 7) is 0. The molecular weight excluding hydrogens is 312 g/mol. The number of hydrogen-bond donors (Lipinski definition) is 2. The van der Waals surface area contributed by atoms with Crippen LogP contribution >= 0.6 is 11.6 Å². The van der Waals surface area contributed by atoms with Crippen LogP contribution in [-0.4, -0.2) is 27.8 Å². The van der Waals surface area contributed by atoms with Crippen LogP contribution < -0.4 is 11.1 Å². The van der Waals surface area contributed by atoms with Crippen LogP contribution in [0.4, 0.5) is 0 Å². The predicted molar refractivity (Wildman–Crippen MR) is 91.4 cm³/mol. The Bertz CT molecular complexity index is 704. The highest BCUT2D eigenvalue weighted by Crippen LogP contribution is 2.29. The number of nitrogens with two attached hydrogens (primary N) is 1. The van der Waals surface area contributed by atoms with Crippen molar-refractivity contribution < 1.29 is 4.79 Å². The SMILES string of the molecule is Cn1cc(C(=O)NC2CCC(N)CC2)c(-c2ccccc2Cl)n1. The van der Waals surface area contributed by atoms with Crippen molar-refractivity contribution in [1.29, 1.82) is 0 Å². The molecule has 6 heteroatoms. The molecule has 0 unspecified atom stereocenters. The highest BCUT2D eigenvalue weighted by Gasteiger charge is 2.24. The number of halogens is 1. The second-order valence-electron chi connectivity index (χ2n) is 6.13. The van der Waals surface area contributed by atoms with Gasteiger partial charge < -0.3 is 11.1 Å². The molecule has 23 heavy (non-hydrogen) atoms. The Kier molecular flexibility index (Phi) is 4.68. The maximum Gasteiger partial charge on any atom is 0.255 e. The van der Waals surface area contributed by atoms with Crippen LogP contribution in [0, 0.1) is 0 Å². The molecule has 0 saturated heterocycles. The van der Waals surface area contributed by atoms with Crippen molar-refractivity contribution in [1.82, 2.24) is 15.1 Å². The fourth-order valence-electron chi connectivity index (χ4n) is 3.03. The first-order valence-electron chi connectivity index (χ1n) is 7.89. The Morgan fingerprint density at radius 1 is 1.30 bits per heavy atom. The molecule has 3 N–H and O–H groups in total. The third-order valence-electron chi connectivity index (χ3n) is 4.31. The van der Waals surface area contributed by atoms with Crippen LogP contribution in [0.15, 0.2) is 30.5 Å². The number of nitrogens with one attached hydrogen (secondary N) is 1. The van der Waals surface area contributed by atoms with Gasteiger partial charge in [0.1, 0.15) is 5.69 Å². The zero-order valence-corrected chi connectivity index (χ0v) is 13.9. The number of nitrogens with zero attached hydrogens (tertiary/aromatic N) is 2. The maximum absolute atomic E-state index is 12.7. The van der Waals surface area contributed by atoms with E-state index in [0.717, 1.165) is 31.2 Å². The number of rotatable bonds is 3. The van der Waals surface area contributed by atoms with Gasteiger partial charge in [-0.05, 0) is 31.7 Å². The fourth-order valence-corrected chi connectivity index (χ4v) is 3.26. The summed E-state index contributed by atoms with van der Waals surface area (Å²) in [5.41, 5.74) is 7.85. The molecule has 2 aromatic rings. The smallest absolute Gasteiger partial charge is 0.255 e. The fraction of sp³-hybridized carbons (Fsp3) is 0.412. The first-order valence-corrected chi connectivity index (χ1v) is 8.27. The van der Waals surface area contributed by atoms with Gasteiger partial charge in [0.2, 0.25) is 0 Å². The molecule has 0 radical (unpaired) electrons. The van der Waals surface area contributed by atoms with E-state index in [0.29, 0.717) is 16.3 Å². The third-order valence-corrected chi connectivity index (χ3v) is 4.64. The van der Waals surface area contributed by atoms with E-state index in [1.165, 1.54) is 0 Å². The Labute approximate surface area is 140 Å². The summed E-state index contributed by atoms with van der Waals surface area (Å²) in [7, 11) is 1.80. The van der Waals surface area contributed by atoms with E-state index < -0.39 is 0 Å². The van der Waals surface area contributed by atoms with E-state index >= 15 is 0 Å². The average Bonchev–Trinajstić information content (AvgIpc) is 2.92. The Morgan fingerprint density at radius 2 is 2.00 bits per heavy atom. The van der Waals surface area contributed by atoms with Crippen molar-refractivity contribution in [2.45, 2.75) is 37.8 Å². The first kappa shape index (κ1) is 16.0. The molecule has 1 amide bonds. The number of carbonyl (C=O) groups excluding carboxylic acids is 1. The maximum atomic E-state index is 12.7. The van der Waals surface area contributed by atoms with Crippen molar-refractivity contribution in [3.63, 3.8) is 0 Å². The van der Waals surface area contributed by atoms with Gasteiger partial charge in [0.05, 0.1) is 10.6 Å². The molecule has 5 nitrogen and oxygen atoms in total. The predicted octanol–water partition coefficient (Wildman–Crippen LogP) is 2.74. The molecule has 3 rings (SSSR count). The number of benzene rings is 1. The topological polar surface area (TPSA) is 72.9 Å². The monoisotopic (exact) mass is 332 g/mol. The van der Waals surface area contributed by atoms with Crippen LogP contribution in [0.5, 0.6) is 0 Å². The quantitative estimate of drug-likeness (QED) is 0.907. The minimum atomic E-state index is -0.103. The molecule has 122 valence electrons. The van der Waals surface area contributed by atoms with Crippen molar-refractivity contribution in [3.05, 3.63) is 41.0 Å². The normalized spacial score (nSPS) is 21.2. The summed E-state index contributed by atoms with van der Waals surface area (Å²) in [6, 6.07) is 7.87. The highest BCUT2D eigenvalue weighted by molar-refractivity contribution is 6.33. The van der Waals surface area contributed by atoms with Crippen LogP contribution in [0.25, 0.3) is 11.3 Å². The lowest BCUT2D eigenvalue weighted by Crippen LogP contribution is -2.40. The van der Waals surface area contributed by atoms with E-state index in [9.17, 15) is 4.79 Å². The summed E-state index contributed by atoms with van der Waals surface area (Å²) in [4.78, 5) is 12.7. The zero-order valence-electron chi connectivity index (χ0n) is 13.1. The van der Waals surface area contributed by atoms with Crippen LogP contribution in [-0.2, 0) is 7.05 Å². The molecule has 1 aliphatic rings. The van der Waals surface area contributed by atoms with Crippen molar-refractivity contribution in [3.8, 4) is 11.3 Å². The second kappa shape index (κ2) is 6.72. The van der Waals surface area contributed by atoms with Crippen LogP contribution in [0.1, 0.15) is 36.0 Å². The molecule has 0 aliphatic heterocycles. The van der Waals surface area contributed by atoms with Gasteiger partial charge in [0.15, 0.2) is 0 Å². The molecule has 1 aliphatic carbocycles. The van der Waals surface area contributed by atoms with Crippen LogP contribution in [0.3, 0.4) is 0 Å². The second-order valence-corrected chi connectivity index (χ2v) is 6.54. The minimum Gasteiger partial charge on any atom is -0.349 e. The van der Waals surface area contributed by atoms with E-state index in [2.05, 4.69) is 10.4 Å². The largest absolute Gasteiger partial charge is 0.349 e. The molecule has 1 heterocycles. The molecule has 1 fully saturated rings. The Balaban J connectivity index is 1.83. The van der Waals surface area contributed by atoms with E-state index in [-0.39, 0.29) is 18.0 Å². The van der Waals surface area contributed by atoms with Gasteiger partial charge in [0.25, 0.3) is 5.91 Å². The molecule has 0 atom stereocenters. The van der Waals surface area contributed by atoms with Gasteiger partial charge in [-0.15, -0.1) is 0 Å². The molecule has 1 aromatic heterocycles. The van der Waals surface area contributed by atoms with Gasteiger partial charge in [-0.25, -0.2) is 0 Å². The Morgan fingerprint density at radius 3 is 2.70 bits per heavy atom. The number of aromatic nitrogens is 2. The lowest BCUT2D eigenvalue weighted by molar-refractivity contribution is 0.0926. The summed E-state index contributed by atoms with van der Waals surface area (Å²) >= 11 is 6.26. The summed E-state index contributed by atoms with van der Waals surface area (Å²) in [5, 5.41) is 8.11. The number of hydrogen-bond acceptors (Lipinski definition) is 3. The zero-order chi connectivity index (χ0) is 16.4. The third kappa shape index (κ3) is 3.57.